The van der Waals surface area contributed by atoms with Gasteiger partial charge in [0.2, 0.25) is 0 Å². The first kappa shape index (κ1) is 22.9. The first-order valence-corrected chi connectivity index (χ1v) is 10.2. The molecule has 0 radical (unpaired) electrons. The summed E-state index contributed by atoms with van der Waals surface area (Å²) in [4.78, 5) is 0. The molecule has 1 atom stereocenters. The summed E-state index contributed by atoms with van der Waals surface area (Å²) in [7, 11) is 0. The summed E-state index contributed by atoms with van der Waals surface area (Å²) in [6.07, 6.45) is 19.1. The molecule has 0 aliphatic carbocycles. The Kier molecular flexibility index (Phi) is 19.8. The SMILES string of the molecule is CCCCCCCCCCCCCCCCOCCC(O)CO. The first-order chi connectivity index (χ1) is 11.3. The Morgan fingerprint density at radius 2 is 1.09 bits per heavy atom. The quantitative estimate of drug-likeness (QED) is 0.319. The summed E-state index contributed by atoms with van der Waals surface area (Å²) in [5.74, 6) is 0. The van der Waals surface area contributed by atoms with E-state index in [1.165, 1.54) is 83.5 Å². The van der Waals surface area contributed by atoms with Crippen LogP contribution in [-0.4, -0.2) is 36.1 Å². The highest BCUT2D eigenvalue weighted by Gasteiger charge is 2.00. The van der Waals surface area contributed by atoms with Crippen molar-refractivity contribution in [1.29, 1.82) is 0 Å². The minimum atomic E-state index is -0.619. The molecule has 23 heavy (non-hydrogen) atoms. The van der Waals surface area contributed by atoms with Gasteiger partial charge in [0, 0.05) is 13.2 Å². The normalized spacial score (nSPS) is 12.7. The van der Waals surface area contributed by atoms with E-state index in [4.69, 9.17) is 14.9 Å². The van der Waals surface area contributed by atoms with Crippen molar-refractivity contribution in [1.82, 2.24) is 0 Å². The monoisotopic (exact) mass is 330 g/mol. The summed E-state index contributed by atoms with van der Waals surface area (Å²) in [6.45, 7) is 3.45. The van der Waals surface area contributed by atoms with Gasteiger partial charge in [-0.1, -0.05) is 90.4 Å². The number of unbranched alkanes of at least 4 members (excludes halogenated alkanes) is 13. The Morgan fingerprint density at radius 3 is 1.52 bits per heavy atom. The minimum absolute atomic E-state index is 0.164. The van der Waals surface area contributed by atoms with Crippen LogP contribution >= 0.6 is 0 Å². The average molecular weight is 331 g/mol. The van der Waals surface area contributed by atoms with Crippen LogP contribution in [0, 0.1) is 0 Å². The van der Waals surface area contributed by atoms with Crippen LogP contribution < -0.4 is 0 Å². The second kappa shape index (κ2) is 19.9. The smallest absolute Gasteiger partial charge is 0.0792 e. The fourth-order valence-electron chi connectivity index (χ4n) is 2.81. The maximum absolute atomic E-state index is 9.15. The standard InChI is InChI=1S/C20H42O3/c1-2-3-4-5-6-7-8-9-10-11-12-13-14-15-17-23-18-16-20(22)19-21/h20-22H,2-19H2,1H3. The first-order valence-electron chi connectivity index (χ1n) is 10.2. The third kappa shape index (κ3) is 19.8. The zero-order valence-electron chi connectivity index (χ0n) is 15.6. The average Bonchev–Trinajstić information content (AvgIpc) is 2.57. The molecule has 0 rings (SSSR count). The molecule has 0 saturated heterocycles. The highest BCUT2D eigenvalue weighted by molar-refractivity contribution is 4.51. The van der Waals surface area contributed by atoms with Gasteiger partial charge in [0.25, 0.3) is 0 Å². The van der Waals surface area contributed by atoms with E-state index >= 15 is 0 Å². The van der Waals surface area contributed by atoms with Crippen molar-refractivity contribution in [2.24, 2.45) is 0 Å². The van der Waals surface area contributed by atoms with Crippen molar-refractivity contribution in [3.63, 3.8) is 0 Å². The van der Waals surface area contributed by atoms with Gasteiger partial charge in [0.15, 0.2) is 0 Å². The molecule has 0 aromatic carbocycles. The van der Waals surface area contributed by atoms with E-state index in [-0.39, 0.29) is 6.61 Å². The lowest BCUT2D eigenvalue weighted by Gasteiger charge is -2.07. The highest BCUT2D eigenvalue weighted by Crippen LogP contribution is 2.12. The molecule has 0 saturated carbocycles. The van der Waals surface area contributed by atoms with Crippen LogP contribution in [0.3, 0.4) is 0 Å². The van der Waals surface area contributed by atoms with Gasteiger partial charge in [-0.2, -0.15) is 0 Å². The van der Waals surface area contributed by atoms with Crippen LogP contribution in [0.15, 0.2) is 0 Å². The Balaban J connectivity index is 2.97. The molecule has 0 aromatic heterocycles. The predicted octanol–water partition coefficient (Wildman–Crippen LogP) is 5.23. The van der Waals surface area contributed by atoms with Gasteiger partial charge in [0.05, 0.1) is 12.7 Å². The third-order valence-corrected chi connectivity index (χ3v) is 4.45. The topological polar surface area (TPSA) is 49.7 Å². The summed E-state index contributed by atoms with van der Waals surface area (Å²) >= 11 is 0. The number of rotatable bonds is 19. The second-order valence-corrected chi connectivity index (χ2v) is 6.83. The predicted molar refractivity (Wildman–Crippen MR) is 98.8 cm³/mol. The largest absolute Gasteiger partial charge is 0.394 e. The number of aliphatic hydroxyl groups is 2. The molecule has 0 heterocycles. The molecule has 3 nitrogen and oxygen atoms in total. The molecule has 0 bridgehead atoms. The van der Waals surface area contributed by atoms with E-state index in [0.29, 0.717) is 13.0 Å². The Labute approximate surface area is 144 Å². The van der Waals surface area contributed by atoms with E-state index in [1.54, 1.807) is 0 Å². The van der Waals surface area contributed by atoms with Gasteiger partial charge in [-0.15, -0.1) is 0 Å². The lowest BCUT2D eigenvalue weighted by Crippen LogP contribution is -2.14. The van der Waals surface area contributed by atoms with Crippen molar-refractivity contribution in [2.45, 2.75) is 109 Å². The van der Waals surface area contributed by atoms with E-state index in [0.717, 1.165) is 13.0 Å². The van der Waals surface area contributed by atoms with Crippen LogP contribution in [-0.2, 0) is 4.74 Å². The van der Waals surface area contributed by atoms with E-state index < -0.39 is 6.10 Å². The second-order valence-electron chi connectivity index (χ2n) is 6.83. The Morgan fingerprint density at radius 1 is 0.652 bits per heavy atom. The van der Waals surface area contributed by atoms with Crippen LogP contribution in [0.1, 0.15) is 103 Å². The van der Waals surface area contributed by atoms with Gasteiger partial charge < -0.3 is 14.9 Å². The number of aliphatic hydroxyl groups excluding tert-OH is 2. The zero-order valence-corrected chi connectivity index (χ0v) is 15.6. The Hall–Kier alpha value is -0.120. The van der Waals surface area contributed by atoms with Crippen molar-refractivity contribution in [3.05, 3.63) is 0 Å². The molecule has 1 unspecified atom stereocenters. The van der Waals surface area contributed by atoms with E-state index in [9.17, 15) is 0 Å². The van der Waals surface area contributed by atoms with Crippen molar-refractivity contribution >= 4 is 0 Å². The van der Waals surface area contributed by atoms with Crippen LogP contribution in [0.25, 0.3) is 0 Å². The zero-order chi connectivity index (χ0) is 17.0. The van der Waals surface area contributed by atoms with E-state index in [2.05, 4.69) is 6.92 Å². The molecule has 2 N–H and O–H groups in total. The van der Waals surface area contributed by atoms with Gasteiger partial charge >= 0.3 is 0 Å². The molecule has 0 aliphatic heterocycles. The number of hydrogen-bond acceptors (Lipinski definition) is 3. The van der Waals surface area contributed by atoms with Crippen molar-refractivity contribution in [3.8, 4) is 0 Å². The van der Waals surface area contributed by atoms with Gasteiger partial charge in [-0.05, 0) is 12.8 Å². The molecular weight excluding hydrogens is 288 g/mol. The molecule has 140 valence electrons. The van der Waals surface area contributed by atoms with Crippen LogP contribution in [0.5, 0.6) is 0 Å². The molecule has 3 heteroatoms. The van der Waals surface area contributed by atoms with Gasteiger partial charge in [-0.25, -0.2) is 0 Å². The fourth-order valence-corrected chi connectivity index (χ4v) is 2.81. The summed E-state index contributed by atoms with van der Waals surface area (Å²) < 4.78 is 5.44. The molecule has 0 spiro atoms. The highest BCUT2D eigenvalue weighted by atomic mass is 16.5. The van der Waals surface area contributed by atoms with Crippen LogP contribution in [0.4, 0.5) is 0 Å². The van der Waals surface area contributed by atoms with Gasteiger partial charge in [0.1, 0.15) is 0 Å². The lowest BCUT2D eigenvalue weighted by molar-refractivity contribution is 0.0475. The molecule has 0 amide bonds. The van der Waals surface area contributed by atoms with Crippen molar-refractivity contribution in [2.75, 3.05) is 19.8 Å². The van der Waals surface area contributed by atoms with Crippen LogP contribution in [0.2, 0.25) is 0 Å². The van der Waals surface area contributed by atoms with Gasteiger partial charge in [-0.3, -0.25) is 0 Å². The number of hydrogen-bond donors (Lipinski definition) is 2. The molecule has 0 fully saturated rings. The lowest BCUT2D eigenvalue weighted by atomic mass is 10.0. The molecule has 0 aliphatic rings. The number of ether oxygens (including phenoxy) is 1. The van der Waals surface area contributed by atoms with Crippen molar-refractivity contribution < 1.29 is 14.9 Å². The maximum atomic E-state index is 9.15. The summed E-state index contributed by atoms with van der Waals surface area (Å²) in [5.41, 5.74) is 0. The minimum Gasteiger partial charge on any atom is -0.394 e. The molecular formula is C20H42O3. The summed E-state index contributed by atoms with van der Waals surface area (Å²) in [6, 6.07) is 0. The third-order valence-electron chi connectivity index (χ3n) is 4.45. The Bertz CT molecular complexity index is 209. The molecule has 0 aromatic rings. The fraction of sp³-hybridized carbons (Fsp3) is 1.00. The summed E-state index contributed by atoms with van der Waals surface area (Å²) in [5, 5.41) is 17.8. The maximum Gasteiger partial charge on any atom is 0.0792 e. The van der Waals surface area contributed by atoms with E-state index in [1.807, 2.05) is 0 Å².